The topological polar surface area (TPSA) is 140 Å². The molecular formula is C23H17F3N5O4P. The number of azo groups is 1. The van der Waals surface area contributed by atoms with E-state index in [4.69, 9.17) is 0 Å². The van der Waals surface area contributed by atoms with Gasteiger partial charge in [0.1, 0.15) is 11.1 Å². The number of anilines is 2. The van der Waals surface area contributed by atoms with E-state index in [9.17, 15) is 32.6 Å². The Morgan fingerprint density at radius 1 is 0.917 bits per heavy atom. The highest BCUT2D eigenvalue weighted by molar-refractivity contribution is 7.60. The zero-order valence-electron chi connectivity index (χ0n) is 18.1. The molecule has 0 aliphatic rings. The Morgan fingerprint density at radius 2 is 1.64 bits per heavy atom. The van der Waals surface area contributed by atoms with Crippen molar-refractivity contribution in [2.75, 3.05) is 5.32 Å². The first-order valence-electron chi connectivity index (χ1n) is 10.2. The van der Waals surface area contributed by atoms with Crippen molar-refractivity contribution in [2.45, 2.75) is 6.18 Å². The molecule has 1 heterocycles. The molecule has 9 nitrogen and oxygen atoms in total. The molecule has 13 heteroatoms. The fourth-order valence-electron chi connectivity index (χ4n) is 3.14. The van der Waals surface area contributed by atoms with Crippen LogP contribution in [0.2, 0.25) is 0 Å². The third kappa shape index (κ3) is 5.92. The van der Waals surface area contributed by atoms with E-state index in [2.05, 4.69) is 25.5 Å². The highest BCUT2D eigenvalue weighted by Crippen LogP contribution is 2.39. The van der Waals surface area contributed by atoms with Gasteiger partial charge in [-0.1, -0.05) is 18.2 Å². The Morgan fingerprint density at radius 3 is 2.33 bits per heavy atom. The SMILES string of the molecule is O=P(O)(O)c1cc(/N=N/c2ccccc2-c2ccnc(Nc3ccc(C(F)(F)F)cc3)n2)ccc1O. The second kappa shape index (κ2) is 9.86. The van der Waals surface area contributed by atoms with Crippen LogP contribution in [-0.2, 0) is 10.7 Å². The number of aromatic hydroxyl groups is 1. The zero-order valence-corrected chi connectivity index (χ0v) is 19.0. The summed E-state index contributed by atoms with van der Waals surface area (Å²) >= 11 is 0. The molecule has 0 saturated heterocycles. The van der Waals surface area contributed by atoms with Gasteiger partial charge in [-0.2, -0.15) is 18.3 Å². The number of hydrogen-bond donors (Lipinski definition) is 4. The van der Waals surface area contributed by atoms with Gasteiger partial charge in [0.2, 0.25) is 5.95 Å². The summed E-state index contributed by atoms with van der Waals surface area (Å²) < 4.78 is 49.9. The number of nitrogens with zero attached hydrogens (tertiary/aromatic N) is 4. The van der Waals surface area contributed by atoms with Crippen molar-refractivity contribution in [1.29, 1.82) is 0 Å². The van der Waals surface area contributed by atoms with Crippen LogP contribution in [-0.4, -0.2) is 24.9 Å². The van der Waals surface area contributed by atoms with E-state index in [1.807, 2.05) is 0 Å². The molecule has 4 aromatic rings. The Bertz CT molecular complexity index is 1470. The van der Waals surface area contributed by atoms with E-state index >= 15 is 0 Å². The van der Waals surface area contributed by atoms with Crippen molar-refractivity contribution in [1.82, 2.24) is 9.97 Å². The zero-order chi connectivity index (χ0) is 25.9. The number of benzene rings is 3. The molecule has 4 N–H and O–H groups in total. The Hall–Kier alpha value is -4.12. The van der Waals surface area contributed by atoms with Gasteiger partial charge in [0.25, 0.3) is 0 Å². The minimum absolute atomic E-state index is 0.105. The number of nitrogens with one attached hydrogen (secondary N) is 1. The molecule has 0 amide bonds. The van der Waals surface area contributed by atoms with Crippen molar-refractivity contribution in [3.8, 4) is 17.0 Å². The quantitative estimate of drug-likeness (QED) is 0.187. The van der Waals surface area contributed by atoms with Crippen molar-refractivity contribution in [2.24, 2.45) is 10.2 Å². The molecule has 0 aliphatic carbocycles. The van der Waals surface area contributed by atoms with Gasteiger partial charge < -0.3 is 20.2 Å². The van der Waals surface area contributed by atoms with Crippen LogP contribution in [0.25, 0.3) is 11.3 Å². The van der Waals surface area contributed by atoms with Gasteiger partial charge in [-0.15, -0.1) is 5.11 Å². The summed E-state index contributed by atoms with van der Waals surface area (Å²) in [5.74, 6) is -0.416. The molecule has 0 unspecified atom stereocenters. The van der Waals surface area contributed by atoms with Gasteiger partial charge in [-0.25, -0.2) is 9.97 Å². The molecule has 0 aliphatic heterocycles. The second-order valence-electron chi connectivity index (χ2n) is 7.40. The molecule has 36 heavy (non-hydrogen) atoms. The maximum Gasteiger partial charge on any atom is 0.416 e. The molecule has 0 saturated carbocycles. The normalized spacial score (nSPS) is 12.1. The molecule has 0 spiro atoms. The van der Waals surface area contributed by atoms with Crippen LogP contribution in [0.4, 0.5) is 36.2 Å². The molecule has 0 atom stereocenters. The summed E-state index contributed by atoms with van der Waals surface area (Å²) in [5, 5.41) is 20.2. The van der Waals surface area contributed by atoms with Crippen LogP contribution in [0.15, 0.2) is 89.2 Å². The van der Waals surface area contributed by atoms with Crippen LogP contribution in [0.5, 0.6) is 5.75 Å². The van der Waals surface area contributed by atoms with Crippen molar-refractivity contribution < 1.29 is 32.6 Å². The number of rotatable bonds is 6. The lowest BCUT2D eigenvalue weighted by atomic mass is 10.1. The summed E-state index contributed by atoms with van der Waals surface area (Å²) in [6.45, 7) is 0. The van der Waals surface area contributed by atoms with E-state index in [1.54, 1.807) is 30.3 Å². The first kappa shape index (κ1) is 25.0. The molecule has 0 bridgehead atoms. The van der Waals surface area contributed by atoms with E-state index in [1.165, 1.54) is 24.4 Å². The van der Waals surface area contributed by atoms with E-state index in [-0.39, 0.29) is 11.6 Å². The summed E-state index contributed by atoms with van der Waals surface area (Å²) in [6.07, 6.45) is -2.97. The summed E-state index contributed by atoms with van der Waals surface area (Å²) in [6, 6.07) is 16.4. The first-order chi connectivity index (χ1) is 17.0. The van der Waals surface area contributed by atoms with Gasteiger partial charge in [0.05, 0.1) is 22.6 Å². The average Bonchev–Trinajstić information content (AvgIpc) is 2.83. The lowest BCUT2D eigenvalue weighted by molar-refractivity contribution is -0.137. The Labute approximate surface area is 202 Å². The summed E-state index contributed by atoms with van der Waals surface area (Å²) in [5.41, 5.74) is 1.06. The van der Waals surface area contributed by atoms with Gasteiger partial charge in [0.15, 0.2) is 0 Å². The first-order valence-corrected chi connectivity index (χ1v) is 11.8. The van der Waals surface area contributed by atoms with E-state index < -0.39 is 30.4 Å². The van der Waals surface area contributed by atoms with Crippen molar-refractivity contribution in [3.63, 3.8) is 0 Å². The third-order valence-corrected chi connectivity index (χ3v) is 5.84. The Kier molecular flexibility index (Phi) is 6.84. The van der Waals surface area contributed by atoms with Crippen LogP contribution in [0.1, 0.15) is 5.56 Å². The monoisotopic (exact) mass is 515 g/mol. The second-order valence-corrected chi connectivity index (χ2v) is 8.97. The minimum atomic E-state index is -4.71. The van der Waals surface area contributed by atoms with Crippen LogP contribution < -0.4 is 10.6 Å². The largest absolute Gasteiger partial charge is 0.507 e. The predicted octanol–water partition coefficient (Wildman–Crippen LogP) is 5.83. The molecule has 0 fully saturated rings. The fraction of sp³-hybridized carbons (Fsp3) is 0.0435. The maximum atomic E-state index is 12.8. The number of alkyl halides is 3. The van der Waals surface area contributed by atoms with Crippen LogP contribution >= 0.6 is 7.60 Å². The number of aromatic nitrogens is 2. The predicted molar refractivity (Wildman–Crippen MR) is 126 cm³/mol. The minimum Gasteiger partial charge on any atom is -0.507 e. The van der Waals surface area contributed by atoms with Crippen LogP contribution in [0.3, 0.4) is 0 Å². The number of halogens is 3. The average molecular weight is 515 g/mol. The van der Waals surface area contributed by atoms with Crippen molar-refractivity contribution >= 4 is 35.9 Å². The highest BCUT2D eigenvalue weighted by atomic mass is 31.2. The molecular weight excluding hydrogens is 498 g/mol. The standard InChI is InChI=1S/C23H17F3N5O4P/c24-23(25,26)14-5-7-15(8-6-14)28-22-27-12-11-18(29-22)17-3-1-2-4-19(17)31-30-16-9-10-20(32)21(13-16)36(33,34)35/h1-13,32H,(H,27,28,29)(H2,33,34,35)/b31-30+. The molecule has 3 aromatic carbocycles. The Balaban J connectivity index is 1.60. The molecule has 4 rings (SSSR count). The van der Waals surface area contributed by atoms with Gasteiger partial charge in [-0.3, -0.25) is 4.57 Å². The van der Waals surface area contributed by atoms with E-state index in [0.717, 1.165) is 24.3 Å². The number of phenolic OH excluding ortho intramolecular Hbond substituents is 1. The molecule has 1 aromatic heterocycles. The summed E-state index contributed by atoms with van der Waals surface area (Å²) in [4.78, 5) is 27.2. The summed E-state index contributed by atoms with van der Waals surface area (Å²) in [7, 11) is -4.71. The fourth-order valence-corrected chi connectivity index (χ4v) is 3.81. The van der Waals surface area contributed by atoms with Gasteiger partial charge in [-0.05, 0) is 54.6 Å². The van der Waals surface area contributed by atoms with Crippen molar-refractivity contribution in [3.05, 3.63) is 84.6 Å². The maximum absolute atomic E-state index is 12.8. The van der Waals surface area contributed by atoms with Crippen LogP contribution in [0, 0.1) is 0 Å². The van der Waals surface area contributed by atoms with Gasteiger partial charge >= 0.3 is 13.8 Å². The van der Waals surface area contributed by atoms with E-state index in [0.29, 0.717) is 22.6 Å². The molecule has 0 radical (unpaired) electrons. The lowest BCUT2D eigenvalue weighted by Crippen LogP contribution is -2.04. The van der Waals surface area contributed by atoms with Gasteiger partial charge in [0, 0.05) is 17.4 Å². The highest BCUT2D eigenvalue weighted by Gasteiger charge is 2.30. The lowest BCUT2D eigenvalue weighted by Gasteiger charge is -2.10. The number of hydrogen-bond acceptors (Lipinski definition) is 7. The molecule has 184 valence electrons. The number of phenols is 1. The smallest absolute Gasteiger partial charge is 0.416 e. The third-order valence-electron chi connectivity index (χ3n) is 4.85.